The number of esters is 2. The summed E-state index contributed by atoms with van der Waals surface area (Å²) >= 11 is 11.1. The van der Waals surface area contributed by atoms with Crippen molar-refractivity contribution in [2.75, 3.05) is 13.2 Å². The van der Waals surface area contributed by atoms with Gasteiger partial charge in [-0.2, -0.15) is 0 Å². The molecule has 1 rings (SSSR count). The molecule has 0 spiro atoms. The van der Waals surface area contributed by atoms with Crippen LogP contribution in [0.15, 0.2) is 35.9 Å². The lowest BCUT2D eigenvalue weighted by Crippen LogP contribution is -2.09. The Morgan fingerprint density at radius 3 is 2.59 bits per heavy atom. The molecule has 0 saturated carbocycles. The maximum atomic E-state index is 12.8. The van der Waals surface area contributed by atoms with Crippen LogP contribution in [0.2, 0.25) is 5.02 Å². The van der Waals surface area contributed by atoms with Crippen LogP contribution in [-0.4, -0.2) is 25.2 Å². The van der Waals surface area contributed by atoms with Crippen LogP contribution in [0.3, 0.4) is 0 Å². The average molecular weight is 347 g/mol. The maximum absolute atomic E-state index is 12.8. The Hall–Kier alpha value is -1.85. The first-order valence-electron chi connectivity index (χ1n) is 6.21. The first-order chi connectivity index (χ1) is 10.4. The second kappa shape index (κ2) is 9.23. The number of ether oxygens (including phenoxy) is 2. The fourth-order valence-electron chi connectivity index (χ4n) is 1.32. The van der Waals surface area contributed by atoms with Crippen molar-refractivity contribution >= 4 is 41.2 Å². The highest BCUT2D eigenvalue weighted by Crippen LogP contribution is 2.18. The molecule has 0 unspecified atom stereocenters. The third-order valence-electron chi connectivity index (χ3n) is 2.35. The van der Waals surface area contributed by atoms with Crippen LogP contribution in [0.4, 0.5) is 4.39 Å². The molecule has 1 aromatic rings. The van der Waals surface area contributed by atoms with Crippen molar-refractivity contribution in [3.63, 3.8) is 0 Å². The number of hydrogen-bond donors (Lipinski definition) is 0. The Balaban J connectivity index is 2.30. The molecule has 0 atom stereocenters. The van der Waals surface area contributed by atoms with E-state index in [0.29, 0.717) is 12.0 Å². The molecule has 0 bridgehead atoms. The minimum Gasteiger partial charge on any atom is -0.462 e. The minimum absolute atomic E-state index is 0.0609. The standard InChI is InChI=1S/C15H13Cl2FO4/c1-10(16)15(20)22-8-2-7-21-14(19)6-4-11-3-5-12(18)9-13(11)17/h3-6,9H,1-2,7-8H2/b6-4+. The van der Waals surface area contributed by atoms with Gasteiger partial charge in [0.15, 0.2) is 0 Å². The van der Waals surface area contributed by atoms with E-state index in [2.05, 4.69) is 6.58 Å². The number of rotatable bonds is 7. The van der Waals surface area contributed by atoms with Crippen molar-refractivity contribution in [1.82, 2.24) is 0 Å². The molecule has 0 aromatic heterocycles. The molecule has 7 heteroatoms. The molecule has 4 nitrogen and oxygen atoms in total. The average Bonchev–Trinajstić information content (AvgIpc) is 2.45. The SMILES string of the molecule is C=C(Cl)C(=O)OCCCOC(=O)/C=C/c1ccc(F)cc1Cl. The monoisotopic (exact) mass is 346 g/mol. The van der Waals surface area contributed by atoms with Gasteiger partial charge in [-0.3, -0.25) is 0 Å². The fourth-order valence-corrected chi connectivity index (χ4v) is 1.60. The highest BCUT2D eigenvalue weighted by Gasteiger charge is 2.05. The zero-order valence-corrected chi connectivity index (χ0v) is 13.0. The van der Waals surface area contributed by atoms with Crippen LogP contribution in [0.5, 0.6) is 0 Å². The summed E-state index contributed by atoms with van der Waals surface area (Å²) in [6.45, 7) is 3.34. The van der Waals surface area contributed by atoms with Crippen molar-refractivity contribution in [2.45, 2.75) is 6.42 Å². The van der Waals surface area contributed by atoms with E-state index in [1.807, 2.05) is 0 Å². The molecule has 0 aliphatic heterocycles. The highest BCUT2D eigenvalue weighted by atomic mass is 35.5. The molecule has 1 aromatic carbocycles. The summed E-state index contributed by atoms with van der Waals surface area (Å²) in [4.78, 5) is 22.4. The van der Waals surface area contributed by atoms with Crippen LogP contribution in [-0.2, 0) is 19.1 Å². The van der Waals surface area contributed by atoms with E-state index in [1.165, 1.54) is 24.3 Å². The Bertz CT molecular complexity index is 599. The van der Waals surface area contributed by atoms with Crippen molar-refractivity contribution < 1.29 is 23.5 Å². The van der Waals surface area contributed by atoms with Crippen LogP contribution < -0.4 is 0 Å². The molecule has 0 aliphatic carbocycles. The Kier molecular flexibility index (Phi) is 7.63. The lowest BCUT2D eigenvalue weighted by atomic mass is 10.2. The summed E-state index contributed by atoms with van der Waals surface area (Å²) in [7, 11) is 0. The molecule has 0 aliphatic rings. The van der Waals surface area contributed by atoms with Crippen LogP contribution >= 0.6 is 23.2 Å². The van der Waals surface area contributed by atoms with Gasteiger partial charge in [-0.25, -0.2) is 14.0 Å². The molecule has 0 saturated heterocycles. The van der Waals surface area contributed by atoms with Crippen LogP contribution in [0, 0.1) is 5.82 Å². The molecular weight excluding hydrogens is 334 g/mol. The predicted molar refractivity (Wildman–Crippen MR) is 82.0 cm³/mol. The van der Waals surface area contributed by atoms with Gasteiger partial charge in [0.2, 0.25) is 0 Å². The zero-order chi connectivity index (χ0) is 16.5. The summed E-state index contributed by atoms with van der Waals surface area (Å²) in [5.41, 5.74) is 0.495. The number of halogens is 3. The molecule has 0 fully saturated rings. The highest BCUT2D eigenvalue weighted by molar-refractivity contribution is 6.40. The summed E-state index contributed by atoms with van der Waals surface area (Å²) in [6.07, 6.45) is 2.92. The summed E-state index contributed by atoms with van der Waals surface area (Å²) in [5, 5.41) is -0.0200. The van der Waals surface area contributed by atoms with Crippen LogP contribution in [0.25, 0.3) is 6.08 Å². The third-order valence-corrected chi connectivity index (χ3v) is 2.83. The molecular formula is C15H13Cl2FO4. The number of carbonyl (C=O) groups is 2. The van der Waals surface area contributed by atoms with Crippen molar-refractivity contribution in [3.8, 4) is 0 Å². The number of carbonyl (C=O) groups excluding carboxylic acids is 2. The smallest absolute Gasteiger partial charge is 0.349 e. The summed E-state index contributed by atoms with van der Waals surface area (Å²) in [5.74, 6) is -1.76. The van der Waals surface area contributed by atoms with Gasteiger partial charge < -0.3 is 9.47 Å². The molecule has 0 N–H and O–H groups in total. The van der Waals surface area contributed by atoms with Gasteiger partial charge in [-0.1, -0.05) is 35.8 Å². The molecule has 118 valence electrons. The fraction of sp³-hybridized carbons (Fsp3) is 0.200. The Morgan fingerprint density at radius 1 is 1.27 bits per heavy atom. The lowest BCUT2D eigenvalue weighted by Gasteiger charge is -2.04. The quantitative estimate of drug-likeness (QED) is 0.429. The Morgan fingerprint density at radius 2 is 1.95 bits per heavy atom. The molecule has 0 heterocycles. The number of hydrogen-bond acceptors (Lipinski definition) is 4. The van der Waals surface area contributed by atoms with E-state index >= 15 is 0 Å². The summed E-state index contributed by atoms with van der Waals surface area (Å²) < 4.78 is 22.4. The third kappa shape index (κ3) is 6.74. The number of benzene rings is 1. The largest absolute Gasteiger partial charge is 0.462 e. The summed E-state index contributed by atoms with van der Waals surface area (Å²) in [6, 6.07) is 3.82. The second-order valence-electron chi connectivity index (χ2n) is 4.06. The molecule has 0 amide bonds. The van der Waals surface area contributed by atoms with Gasteiger partial charge in [0.25, 0.3) is 0 Å². The Labute approximate surface area is 137 Å². The predicted octanol–water partition coefficient (Wildman–Crippen LogP) is 3.72. The van der Waals surface area contributed by atoms with E-state index in [4.69, 9.17) is 32.7 Å². The maximum Gasteiger partial charge on any atom is 0.349 e. The van der Waals surface area contributed by atoms with Crippen molar-refractivity contribution in [1.29, 1.82) is 0 Å². The van der Waals surface area contributed by atoms with Gasteiger partial charge in [0, 0.05) is 12.5 Å². The molecule has 22 heavy (non-hydrogen) atoms. The van der Waals surface area contributed by atoms with Crippen molar-refractivity contribution in [3.05, 3.63) is 52.3 Å². The minimum atomic E-state index is -0.709. The van der Waals surface area contributed by atoms with E-state index in [9.17, 15) is 14.0 Å². The van der Waals surface area contributed by atoms with Gasteiger partial charge in [0.1, 0.15) is 10.8 Å². The first kappa shape index (κ1) is 18.2. The normalized spacial score (nSPS) is 10.5. The molecule has 0 radical (unpaired) electrons. The van der Waals surface area contributed by atoms with Gasteiger partial charge in [-0.15, -0.1) is 0 Å². The van der Waals surface area contributed by atoms with E-state index in [-0.39, 0.29) is 23.3 Å². The second-order valence-corrected chi connectivity index (χ2v) is 4.92. The van der Waals surface area contributed by atoms with Crippen LogP contribution in [0.1, 0.15) is 12.0 Å². The lowest BCUT2D eigenvalue weighted by molar-refractivity contribution is -0.140. The topological polar surface area (TPSA) is 52.6 Å². The van der Waals surface area contributed by atoms with Gasteiger partial charge in [-0.05, 0) is 23.8 Å². The van der Waals surface area contributed by atoms with Gasteiger partial charge >= 0.3 is 11.9 Å². The van der Waals surface area contributed by atoms with Crippen molar-refractivity contribution in [2.24, 2.45) is 0 Å². The van der Waals surface area contributed by atoms with E-state index in [1.54, 1.807) is 0 Å². The van der Waals surface area contributed by atoms with E-state index in [0.717, 1.165) is 6.07 Å². The zero-order valence-electron chi connectivity index (χ0n) is 11.5. The first-order valence-corrected chi connectivity index (χ1v) is 6.97. The van der Waals surface area contributed by atoms with Gasteiger partial charge in [0.05, 0.1) is 18.2 Å². The van der Waals surface area contributed by atoms with E-state index < -0.39 is 17.8 Å².